The van der Waals surface area contributed by atoms with Crippen LogP contribution in [0.5, 0.6) is 0 Å². The molecule has 4 heteroatoms. The molecule has 0 aliphatic heterocycles. The third-order valence-corrected chi connectivity index (χ3v) is 2.48. The highest BCUT2D eigenvalue weighted by atomic mass is 35.5. The van der Waals surface area contributed by atoms with Crippen LogP contribution in [0.2, 0.25) is 5.02 Å². The molecule has 1 atom stereocenters. The quantitative estimate of drug-likeness (QED) is 0.649. The lowest BCUT2D eigenvalue weighted by Gasteiger charge is -2.13. The summed E-state index contributed by atoms with van der Waals surface area (Å²) in [4.78, 5) is 10.8. The number of hydrogen-bond acceptors (Lipinski definition) is 3. The van der Waals surface area contributed by atoms with Gasteiger partial charge in [-0.25, -0.2) is 4.79 Å². The Morgan fingerprint density at radius 2 is 2.19 bits per heavy atom. The fourth-order valence-electron chi connectivity index (χ4n) is 1.24. The van der Waals surface area contributed by atoms with E-state index < -0.39 is 0 Å². The lowest BCUT2D eigenvalue weighted by Crippen LogP contribution is -2.12. The molecule has 1 aromatic carbocycles. The van der Waals surface area contributed by atoms with E-state index in [-0.39, 0.29) is 12.0 Å². The third kappa shape index (κ3) is 3.59. The third-order valence-electron chi connectivity index (χ3n) is 2.14. The average Bonchev–Trinajstić information content (AvgIpc) is 2.29. The molecule has 86 valence electrons. The van der Waals surface area contributed by atoms with Gasteiger partial charge in [0.2, 0.25) is 0 Å². The molecule has 1 N–H and O–H groups in total. The van der Waals surface area contributed by atoms with Crippen molar-refractivity contribution in [3.63, 3.8) is 0 Å². The Bertz CT molecular complexity index is 390. The molecule has 1 aromatic rings. The second-order valence-electron chi connectivity index (χ2n) is 3.27. The van der Waals surface area contributed by atoms with Crippen molar-refractivity contribution in [1.82, 2.24) is 5.32 Å². The number of methoxy groups -OCH3 is 1. The van der Waals surface area contributed by atoms with Crippen LogP contribution in [0.4, 0.5) is 0 Å². The summed E-state index contributed by atoms with van der Waals surface area (Å²) in [6, 6.07) is 7.60. The molecule has 0 aliphatic rings. The summed E-state index contributed by atoms with van der Waals surface area (Å²) in [6.45, 7) is 1.96. The average molecular weight is 240 g/mol. The second-order valence-corrected chi connectivity index (χ2v) is 3.67. The van der Waals surface area contributed by atoms with E-state index in [2.05, 4.69) is 10.1 Å². The molecular weight excluding hydrogens is 226 g/mol. The number of nitrogens with one attached hydrogen (secondary N) is 1. The maximum Gasteiger partial charge on any atom is 0.331 e. The molecule has 0 saturated heterocycles. The van der Waals surface area contributed by atoms with E-state index in [9.17, 15) is 4.79 Å². The number of benzene rings is 1. The molecule has 0 spiro atoms. The maximum absolute atomic E-state index is 10.8. The standard InChI is InChI=1S/C12H14ClNO2/c1-9(14-8-7-12(15)16-2)10-5-3-4-6-11(10)13/h3-9,14H,1-2H3/b8-7+/t9-/m1/s1. The second kappa shape index (κ2) is 6.18. The fourth-order valence-corrected chi connectivity index (χ4v) is 1.54. The summed E-state index contributed by atoms with van der Waals surface area (Å²) in [5.74, 6) is -0.390. The molecule has 16 heavy (non-hydrogen) atoms. The zero-order valence-electron chi connectivity index (χ0n) is 9.24. The van der Waals surface area contributed by atoms with Crippen molar-refractivity contribution >= 4 is 17.6 Å². The van der Waals surface area contributed by atoms with Crippen LogP contribution in [0.3, 0.4) is 0 Å². The van der Waals surface area contributed by atoms with Crippen molar-refractivity contribution in [2.75, 3.05) is 7.11 Å². The van der Waals surface area contributed by atoms with E-state index >= 15 is 0 Å². The van der Waals surface area contributed by atoms with Crippen LogP contribution in [0, 0.1) is 0 Å². The number of hydrogen-bond donors (Lipinski definition) is 1. The van der Waals surface area contributed by atoms with Gasteiger partial charge in [0, 0.05) is 23.3 Å². The number of halogens is 1. The molecule has 0 saturated carbocycles. The lowest BCUT2D eigenvalue weighted by atomic mass is 10.1. The molecule has 1 rings (SSSR count). The van der Waals surface area contributed by atoms with Crippen LogP contribution in [0.15, 0.2) is 36.5 Å². The van der Waals surface area contributed by atoms with Crippen LogP contribution in [0.25, 0.3) is 0 Å². The Labute approximate surface area is 100 Å². The van der Waals surface area contributed by atoms with Gasteiger partial charge in [0.25, 0.3) is 0 Å². The van der Waals surface area contributed by atoms with Gasteiger partial charge < -0.3 is 10.1 Å². The first-order valence-corrected chi connectivity index (χ1v) is 5.28. The van der Waals surface area contributed by atoms with Gasteiger partial charge in [-0.3, -0.25) is 0 Å². The van der Waals surface area contributed by atoms with E-state index in [1.54, 1.807) is 6.20 Å². The molecular formula is C12H14ClNO2. The monoisotopic (exact) mass is 239 g/mol. The highest BCUT2D eigenvalue weighted by Gasteiger charge is 2.06. The first-order valence-electron chi connectivity index (χ1n) is 4.90. The van der Waals surface area contributed by atoms with Crippen LogP contribution >= 0.6 is 11.6 Å². The first-order chi connectivity index (χ1) is 7.65. The normalized spacial score (nSPS) is 12.4. The van der Waals surface area contributed by atoms with Gasteiger partial charge in [0.1, 0.15) is 0 Å². The van der Waals surface area contributed by atoms with Crippen molar-refractivity contribution in [2.45, 2.75) is 13.0 Å². The van der Waals surface area contributed by atoms with Crippen molar-refractivity contribution in [3.8, 4) is 0 Å². The highest BCUT2D eigenvalue weighted by molar-refractivity contribution is 6.31. The van der Waals surface area contributed by atoms with E-state index in [4.69, 9.17) is 11.6 Å². The van der Waals surface area contributed by atoms with Gasteiger partial charge in [0.15, 0.2) is 0 Å². The Hall–Kier alpha value is -1.48. The van der Waals surface area contributed by atoms with E-state index in [0.717, 1.165) is 5.56 Å². The molecule has 0 bridgehead atoms. The van der Waals surface area contributed by atoms with Gasteiger partial charge in [-0.2, -0.15) is 0 Å². The summed E-state index contributed by atoms with van der Waals surface area (Å²) in [7, 11) is 1.34. The molecule has 0 heterocycles. The Balaban J connectivity index is 2.60. The topological polar surface area (TPSA) is 38.3 Å². The summed E-state index contributed by atoms with van der Waals surface area (Å²) >= 11 is 6.03. The minimum atomic E-state index is -0.390. The molecule has 0 aromatic heterocycles. The maximum atomic E-state index is 10.8. The van der Waals surface area contributed by atoms with E-state index in [1.165, 1.54) is 13.2 Å². The predicted molar refractivity (Wildman–Crippen MR) is 64.2 cm³/mol. The minimum absolute atomic E-state index is 0.0367. The summed E-state index contributed by atoms with van der Waals surface area (Å²) in [5.41, 5.74) is 0.985. The van der Waals surface area contributed by atoms with Crippen molar-refractivity contribution in [3.05, 3.63) is 47.1 Å². The van der Waals surface area contributed by atoms with Gasteiger partial charge in [0.05, 0.1) is 7.11 Å². The van der Waals surface area contributed by atoms with Gasteiger partial charge >= 0.3 is 5.97 Å². The van der Waals surface area contributed by atoms with Crippen LogP contribution in [-0.4, -0.2) is 13.1 Å². The molecule has 0 unspecified atom stereocenters. The van der Waals surface area contributed by atoms with Crippen LogP contribution in [-0.2, 0) is 9.53 Å². The fraction of sp³-hybridized carbons (Fsp3) is 0.250. The molecule has 0 aliphatic carbocycles. The van der Waals surface area contributed by atoms with Crippen LogP contribution in [0.1, 0.15) is 18.5 Å². The number of carbonyl (C=O) groups is 1. The SMILES string of the molecule is COC(=O)/C=C/N[C@H](C)c1ccccc1Cl. The minimum Gasteiger partial charge on any atom is -0.466 e. The molecule has 3 nitrogen and oxygen atoms in total. The molecule has 0 fully saturated rings. The predicted octanol–water partition coefficient (Wildman–Crippen LogP) is 2.68. The van der Waals surface area contributed by atoms with Crippen molar-refractivity contribution in [1.29, 1.82) is 0 Å². The van der Waals surface area contributed by atoms with E-state index in [1.807, 2.05) is 31.2 Å². The van der Waals surface area contributed by atoms with Gasteiger partial charge in [-0.05, 0) is 18.6 Å². The lowest BCUT2D eigenvalue weighted by molar-refractivity contribution is -0.134. The number of rotatable bonds is 4. The van der Waals surface area contributed by atoms with Crippen LogP contribution < -0.4 is 5.32 Å². The summed E-state index contributed by atoms with van der Waals surface area (Å²) in [5, 5.41) is 3.74. The van der Waals surface area contributed by atoms with Gasteiger partial charge in [-0.1, -0.05) is 29.8 Å². The number of esters is 1. The number of carbonyl (C=O) groups excluding carboxylic acids is 1. The molecule has 0 amide bonds. The highest BCUT2D eigenvalue weighted by Crippen LogP contribution is 2.21. The van der Waals surface area contributed by atoms with Crippen molar-refractivity contribution < 1.29 is 9.53 Å². The van der Waals surface area contributed by atoms with Crippen molar-refractivity contribution in [2.24, 2.45) is 0 Å². The molecule has 0 radical (unpaired) electrons. The number of ether oxygens (including phenoxy) is 1. The van der Waals surface area contributed by atoms with E-state index in [0.29, 0.717) is 5.02 Å². The first kappa shape index (κ1) is 12.6. The Morgan fingerprint density at radius 1 is 1.50 bits per heavy atom. The zero-order valence-corrected chi connectivity index (χ0v) is 9.99. The largest absolute Gasteiger partial charge is 0.466 e. The van der Waals surface area contributed by atoms with Gasteiger partial charge in [-0.15, -0.1) is 0 Å². The summed E-state index contributed by atoms with van der Waals surface area (Å²) < 4.78 is 4.47. The smallest absolute Gasteiger partial charge is 0.331 e. The summed E-state index contributed by atoms with van der Waals surface area (Å²) in [6.07, 6.45) is 2.88. The Morgan fingerprint density at radius 3 is 2.81 bits per heavy atom. The zero-order chi connectivity index (χ0) is 12.0. The Kier molecular flexibility index (Phi) is 4.86.